The van der Waals surface area contributed by atoms with Gasteiger partial charge in [-0.25, -0.2) is 15.0 Å². The molecule has 1 unspecified atom stereocenters. The number of rotatable bonds is 3. The van der Waals surface area contributed by atoms with Crippen LogP contribution in [0.4, 0.5) is 11.6 Å². The number of nitrogens with zero attached hydrogens (tertiary/aromatic N) is 4. The maximum absolute atomic E-state index is 10.1. The number of pyridine rings is 1. The van der Waals surface area contributed by atoms with E-state index in [-0.39, 0.29) is 18.1 Å². The van der Waals surface area contributed by atoms with Crippen molar-refractivity contribution in [1.82, 2.24) is 19.9 Å². The lowest BCUT2D eigenvalue weighted by molar-refractivity contribution is 0.164. The first-order valence-corrected chi connectivity index (χ1v) is 8.15. The quantitative estimate of drug-likeness (QED) is 0.680. The van der Waals surface area contributed by atoms with E-state index < -0.39 is 0 Å². The van der Waals surface area contributed by atoms with Gasteiger partial charge in [0.2, 0.25) is 5.95 Å². The van der Waals surface area contributed by atoms with Gasteiger partial charge in [0.25, 0.3) is 0 Å². The smallest absolute Gasteiger partial charge is 0.220 e. The third-order valence-electron chi connectivity index (χ3n) is 4.67. The number of aromatic amines is 1. The molecule has 2 atom stereocenters. The number of nitrogens with two attached hydrogens (primary N) is 1. The summed E-state index contributed by atoms with van der Waals surface area (Å²) < 4.78 is 0. The van der Waals surface area contributed by atoms with Gasteiger partial charge in [-0.3, -0.25) is 0 Å². The van der Waals surface area contributed by atoms with E-state index in [9.17, 15) is 5.11 Å². The van der Waals surface area contributed by atoms with Gasteiger partial charge in [0, 0.05) is 30.7 Å². The summed E-state index contributed by atoms with van der Waals surface area (Å²) in [5.41, 5.74) is 9.31. The van der Waals surface area contributed by atoms with Crippen LogP contribution in [0, 0.1) is 0 Å². The van der Waals surface area contributed by atoms with Gasteiger partial charge >= 0.3 is 0 Å². The minimum Gasteiger partial charge on any atom is -0.391 e. The maximum Gasteiger partial charge on any atom is 0.220 e. The van der Waals surface area contributed by atoms with Gasteiger partial charge in [-0.15, -0.1) is 0 Å². The van der Waals surface area contributed by atoms with E-state index in [0.29, 0.717) is 0 Å². The zero-order valence-corrected chi connectivity index (χ0v) is 13.5. The summed E-state index contributed by atoms with van der Waals surface area (Å²) in [6, 6.07) is 3.96. The Kier molecular flexibility index (Phi) is 3.57. The molecule has 0 radical (unpaired) electrons. The van der Waals surface area contributed by atoms with Crippen LogP contribution in [0.25, 0.3) is 22.3 Å². The molecule has 0 saturated carbocycles. The van der Waals surface area contributed by atoms with Crippen LogP contribution in [-0.2, 0) is 0 Å². The number of nitrogens with one attached hydrogen (secondary N) is 1. The highest BCUT2D eigenvalue weighted by atomic mass is 16.3. The largest absolute Gasteiger partial charge is 0.391 e. The molecule has 4 rings (SSSR count). The zero-order chi connectivity index (χ0) is 16.7. The highest BCUT2D eigenvalue weighted by Gasteiger charge is 2.30. The average Bonchev–Trinajstić information content (AvgIpc) is 3.21. The lowest BCUT2D eigenvalue weighted by Crippen LogP contribution is -2.37. The summed E-state index contributed by atoms with van der Waals surface area (Å²) in [4.78, 5) is 18.2. The van der Waals surface area contributed by atoms with Gasteiger partial charge in [-0.1, -0.05) is 0 Å². The van der Waals surface area contributed by atoms with E-state index in [1.807, 2.05) is 25.3 Å². The standard InChI is InChI=1S/C17H20N6O/c1-10(24)13-3-2-8-23(13)14-5-7-19-16-15(14)11(9-21-16)12-4-6-20-17(18)22-12/h4-7,9-10,13,24H,2-3,8H2,1H3,(H,19,21)(H2,18,20,22)/t10?,13-/m0/s1. The van der Waals surface area contributed by atoms with E-state index >= 15 is 0 Å². The predicted molar refractivity (Wildman–Crippen MR) is 93.6 cm³/mol. The number of anilines is 2. The Morgan fingerprint density at radius 2 is 2.17 bits per heavy atom. The first-order valence-electron chi connectivity index (χ1n) is 8.15. The third kappa shape index (κ3) is 2.37. The number of fused-ring (bicyclic) bond motifs is 1. The van der Waals surface area contributed by atoms with Crippen LogP contribution in [0.5, 0.6) is 0 Å². The normalized spacial score (nSPS) is 19.1. The van der Waals surface area contributed by atoms with Crippen molar-refractivity contribution in [1.29, 1.82) is 0 Å². The van der Waals surface area contributed by atoms with Crippen molar-refractivity contribution in [2.24, 2.45) is 0 Å². The van der Waals surface area contributed by atoms with Gasteiger partial charge in [-0.05, 0) is 31.9 Å². The number of aliphatic hydroxyl groups excluding tert-OH is 1. The average molecular weight is 324 g/mol. The molecule has 0 aliphatic carbocycles. The van der Waals surface area contributed by atoms with Crippen molar-refractivity contribution in [2.45, 2.75) is 31.9 Å². The Balaban J connectivity index is 1.89. The fraction of sp³-hybridized carbons (Fsp3) is 0.353. The van der Waals surface area contributed by atoms with Gasteiger partial charge in [0.15, 0.2) is 0 Å². The van der Waals surface area contributed by atoms with Crippen LogP contribution >= 0.6 is 0 Å². The van der Waals surface area contributed by atoms with Crippen molar-refractivity contribution in [3.05, 3.63) is 30.7 Å². The highest BCUT2D eigenvalue weighted by molar-refractivity contribution is 6.02. The molecule has 7 heteroatoms. The fourth-order valence-corrected chi connectivity index (χ4v) is 3.60. The molecule has 0 aromatic carbocycles. The highest BCUT2D eigenvalue weighted by Crippen LogP contribution is 2.37. The monoisotopic (exact) mass is 324 g/mol. The summed E-state index contributed by atoms with van der Waals surface area (Å²) in [7, 11) is 0. The van der Waals surface area contributed by atoms with Crippen LogP contribution in [0.3, 0.4) is 0 Å². The van der Waals surface area contributed by atoms with E-state index in [1.165, 1.54) is 0 Å². The molecule has 24 heavy (non-hydrogen) atoms. The van der Waals surface area contributed by atoms with Crippen LogP contribution in [0.15, 0.2) is 30.7 Å². The topological polar surface area (TPSA) is 104 Å². The van der Waals surface area contributed by atoms with Crippen LogP contribution in [-0.4, -0.2) is 43.7 Å². The van der Waals surface area contributed by atoms with Crippen LogP contribution < -0.4 is 10.6 Å². The van der Waals surface area contributed by atoms with E-state index in [0.717, 1.165) is 47.4 Å². The predicted octanol–water partition coefficient (Wildman–Crippen LogP) is 1.95. The van der Waals surface area contributed by atoms with Crippen molar-refractivity contribution < 1.29 is 5.11 Å². The number of hydrogen-bond donors (Lipinski definition) is 3. The summed E-state index contributed by atoms with van der Waals surface area (Å²) in [6.07, 6.45) is 7.02. The molecular weight excluding hydrogens is 304 g/mol. The van der Waals surface area contributed by atoms with Gasteiger partial charge in [0.1, 0.15) is 5.65 Å². The molecule has 0 spiro atoms. The Bertz CT molecular complexity index is 874. The minimum absolute atomic E-state index is 0.119. The first-order chi connectivity index (χ1) is 11.6. The lowest BCUT2D eigenvalue weighted by atomic mass is 10.1. The molecule has 0 amide bonds. The zero-order valence-electron chi connectivity index (χ0n) is 13.5. The second-order valence-electron chi connectivity index (χ2n) is 6.20. The van der Waals surface area contributed by atoms with Crippen molar-refractivity contribution in [3.8, 4) is 11.3 Å². The summed E-state index contributed by atoms with van der Waals surface area (Å²) in [5, 5.41) is 11.1. The SMILES string of the molecule is CC(O)[C@@H]1CCCN1c1ccnc2[nH]cc(-c3ccnc(N)n3)c12. The van der Waals surface area contributed by atoms with Gasteiger partial charge in [0.05, 0.1) is 28.9 Å². The number of aliphatic hydroxyl groups is 1. The number of H-pyrrole nitrogens is 1. The number of hydrogen-bond acceptors (Lipinski definition) is 6. The van der Waals surface area contributed by atoms with Crippen molar-refractivity contribution in [3.63, 3.8) is 0 Å². The summed E-state index contributed by atoms with van der Waals surface area (Å²) in [5.74, 6) is 0.246. The minimum atomic E-state index is -0.382. The Labute approximate surface area is 139 Å². The second kappa shape index (κ2) is 5.76. The molecule has 3 aromatic heterocycles. The molecule has 1 saturated heterocycles. The molecule has 1 aliphatic rings. The Morgan fingerprint density at radius 3 is 2.96 bits per heavy atom. The lowest BCUT2D eigenvalue weighted by Gasteiger charge is -2.29. The molecule has 1 fully saturated rings. The van der Waals surface area contributed by atoms with Gasteiger partial charge < -0.3 is 20.7 Å². The molecule has 1 aliphatic heterocycles. The fourth-order valence-electron chi connectivity index (χ4n) is 3.60. The molecule has 124 valence electrons. The Morgan fingerprint density at radius 1 is 1.33 bits per heavy atom. The van der Waals surface area contributed by atoms with Crippen LogP contribution in [0.2, 0.25) is 0 Å². The number of aromatic nitrogens is 4. The van der Waals surface area contributed by atoms with Crippen molar-refractivity contribution in [2.75, 3.05) is 17.2 Å². The molecule has 4 N–H and O–H groups in total. The second-order valence-corrected chi connectivity index (χ2v) is 6.20. The third-order valence-corrected chi connectivity index (χ3v) is 4.67. The summed E-state index contributed by atoms with van der Waals surface area (Å²) in [6.45, 7) is 2.77. The van der Waals surface area contributed by atoms with Crippen LogP contribution in [0.1, 0.15) is 19.8 Å². The van der Waals surface area contributed by atoms with Crippen molar-refractivity contribution >= 4 is 22.7 Å². The molecule has 0 bridgehead atoms. The first kappa shape index (κ1) is 14.9. The number of nitrogen functional groups attached to an aromatic ring is 1. The molecule has 7 nitrogen and oxygen atoms in total. The van der Waals surface area contributed by atoms with E-state index in [2.05, 4.69) is 24.8 Å². The molecule has 4 heterocycles. The summed E-state index contributed by atoms with van der Waals surface area (Å²) >= 11 is 0. The maximum atomic E-state index is 10.1. The van der Waals surface area contributed by atoms with E-state index in [1.54, 1.807) is 12.4 Å². The molecule has 3 aromatic rings. The van der Waals surface area contributed by atoms with Gasteiger partial charge in [-0.2, -0.15) is 0 Å². The molecular formula is C17H20N6O. The van der Waals surface area contributed by atoms with E-state index in [4.69, 9.17) is 5.73 Å². The Hall–Kier alpha value is -2.67.